The van der Waals surface area contributed by atoms with E-state index in [0.29, 0.717) is 6.54 Å². The summed E-state index contributed by atoms with van der Waals surface area (Å²) in [6.07, 6.45) is 5.69. The van der Waals surface area contributed by atoms with Crippen LogP contribution in [-0.2, 0) is 4.79 Å². The van der Waals surface area contributed by atoms with E-state index in [1.807, 2.05) is 65.1 Å². The average molecular weight is 376 g/mol. The number of hydrogen-bond acceptors (Lipinski definition) is 4. The number of rotatable bonds is 5. The number of aromatic nitrogens is 3. The van der Waals surface area contributed by atoms with Gasteiger partial charge in [0.25, 0.3) is 5.91 Å². The molecule has 3 heterocycles. The molecule has 1 fully saturated rings. The highest BCUT2D eigenvalue weighted by Crippen LogP contribution is 2.26. The molecule has 0 N–H and O–H groups in total. The molecule has 1 amide bonds. The maximum Gasteiger partial charge on any atom is 0.260 e. The number of hydrogen-bond donors (Lipinski definition) is 0. The minimum Gasteiger partial charge on any atom is -0.484 e. The summed E-state index contributed by atoms with van der Waals surface area (Å²) in [6, 6.07) is 15.5. The molecular weight excluding hydrogens is 352 g/mol. The lowest BCUT2D eigenvalue weighted by molar-refractivity contribution is -0.134. The third-order valence-corrected chi connectivity index (χ3v) is 5.13. The molecule has 1 aliphatic rings. The molecule has 0 spiro atoms. The summed E-state index contributed by atoms with van der Waals surface area (Å²) in [5.74, 6) is 2.74. The van der Waals surface area contributed by atoms with Crippen LogP contribution in [0.25, 0.3) is 5.82 Å². The molecule has 2 aromatic heterocycles. The van der Waals surface area contributed by atoms with Gasteiger partial charge in [-0.1, -0.05) is 24.3 Å². The molecule has 3 aromatic rings. The molecule has 0 aliphatic carbocycles. The second-order valence-electron chi connectivity index (χ2n) is 7.05. The van der Waals surface area contributed by atoms with Gasteiger partial charge in [0.15, 0.2) is 6.61 Å². The number of likely N-dealkylation sites (tertiary alicyclic amines) is 1. The number of imidazole rings is 1. The minimum absolute atomic E-state index is 0.0233. The number of pyridine rings is 1. The number of carbonyl (C=O) groups is 1. The highest BCUT2D eigenvalue weighted by molar-refractivity contribution is 5.78. The first-order chi connectivity index (χ1) is 13.7. The van der Waals surface area contributed by atoms with Crippen molar-refractivity contribution in [2.45, 2.75) is 25.7 Å². The molecule has 0 unspecified atom stereocenters. The lowest BCUT2D eigenvalue weighted by Crippen LogP contribution is -2.41. The first-order valence-electron chi connectivity index (χ1n) is 9.63. The quantitative estimate of drug-likeness (QED) is 0.685. The highest BCUT2D eigenvalue weighted by Gasteiger charge is 2.26. The van der Waals surface area contributed by atoms with Crippen molar-refractivity contribution in [2.24, 2.45) is 0 Å². The summed E-state index contributed by atoms with van der Waals surface area (Å²) < 4.78 is 7.60. The van der Waals surface area contributed by atoms with Gasteiger partial charge in [0.1, 0.15) is 17.4 Å². The fourth-order valence-electron chi connectivity index (χ4n) is 3.62. The number of benzene rings is 1. The average Bonchev–Trinajstić information content (AvgIpc) is 3.19. The van der Waals surface area contributed by atoms with E-state index in [9.17, 15) is 4.79 Å². The van der Waals surface area contributed by atoms with Crippen LogP contribution in [0.3, 0.4) is 0 Å². The SMILES string of the molecule is Cc1nccn1-c1cccc([C@@H]2CCCN(C(=O)COc3ccccc3)C2)n1. The topological polar surface area (TPSA) is 60.2 Å². The molecule has 4 rings (SSSR count). The largest absolute Gasteiger partial charge is 0.484 e. The van der Waals surface area contributed by atoms with E-state index in [0.717, 1.165) is 42.5 Å². The number of nitrogens with zero attached hydrogens (tertiary/aromatic N) is 4. The van der Waals surface area contributed by atoms with Crippen molar-refractivity contribution >= 4 is 5.91 Å². The Balaban J connectivity index is 1.42. The Morgan fingerprint density at radius 2 is 2.04 bits per heavy atom. The van der Waals surface area contributed by atoms with Crippen LogP contribution >= 0.6 is 0 Å². The first kappa shape index (κ1) is 18.2. The first-order valence-corrected chi connectivity index (χ1v) is 9.63. The number of ether oxygens (including phenoxy) is 1. The Kier molecular flexibility index (Phi) is 5.37. The van der Waals surface area contributed by atoms with E-state index in [1.165, 1.54) is 0 Å². The van der Waals surface area contributed by atoms with E-state index in [4.69, 9.17) is 9.72 Å². The molecule has 0 radical (unpaired) electrons. The fraction of sp³-hybridized carbons (Fsp3) is 0.318. The van der Waals surface area contributed by atoms with E-state index in [1.54, 1.807) is 6.20 Å². The smallest absolute Gasteiger partial charge is 0.260 e. The Morgan fingerprint density at radius 1 is 1.18 bits per heavy atom. The zero-order valence-corrected chi connectivity index (χ0v) is 16.0. The number of amides is 1. The van der Waals surface area contributed by atoms with Crippen molar-refractivity contribution in [1.82, 2.24) is 19.4 Å². The Hall–Kier alpha value is -3.15. The van der Waals surface area contributed by atoms with Crippen molar-refractivity contribution in [3.8, 4) is 11.6 Å². The van der Waals surface area contributed by atoms with E-state index < -0.39 is 0 Å². The van der Waals surface area contributed by atoms with Crippen LogP contribution in [0, 0.1) is 6.92 Å². The van der Waals surface area contributed by atoms with Crippen molar-refractivity contribution in [3.05, 3.63) is 72.4 Å². The predicted molar refractivity (Wildman–Crippen MR) is 107 cm³/mol. The molecule has 1 saturated heterocycles. The van der Waals surface area contributed by atoms with Crippen LogP contribution in [0.15, 0.2) is 60.9 Å². The third kappa shape index (κ3) is 4.06. The van der Waals surface area contributed by atoms with Gasteiger partial charge in [-0.15, -0.1) is 0 Å². The van der Waals surface area contributed by atoms with Gasteiger partial charge in [0, 0.05) is 37.1 Å². The summed E-state index contributed by atoms with van der Waals surface area (Å²) >= 11 is 0. The molecule has 6 heteroatoms. The third-order valence-electron chi connectivity index (χ3n) is 5.13. The summed E-state index contributed by atoms with van der Waals surface area (Å²) in [7, 11) is 0. The van der Waals surface area contributed by atoms with Crippen molar-refractivity contribution in [3.63, 3.8) is 0 Å². The molecule has 1 aliphatic heterocycles. The van der Waals surface area contributed by atoms with Crippen LogP contribution < -0.4 is 4.74 Å². The van der Waals surface area contributed by atoms with E-state index >= 15 is 0 Å². The van der Waals surface area contributed by atoms with Crippen LogP contribution in [0.4, 0.5) is 0 Å². The molecular formula is C22H24N4O2. The van der Waals surface area contributed by atoms with Crippen LogP contribution in [0.2, 0.25) is 0 Å². The molecule has 0 bridgehead atoms. The molecule has 144 valence electrons. The fourth-order valence-corrected chi connectivity index (χ4v) is 3.62. The van der Waals surface area contributed by atoms with Crippen molar-refractivity contribution in [2.75, 3.05) is 19.7 Å². The monoisotopic (exact) mass is 376 g/mol. The number of carbonyl (C=O) groups excluding carboxylic acids is 1. The Labute approximate surface area is 164 Å². The molecule has 6 nitrogen and oxygen atoms in total. The summed E-state index contributed by atoms with van der Waals surface area (Å²) in [6.45, 7) is 3.48. The Bertz CT molecular complexity index is 938. The van der Waals surface area contributed by atoms with Gasteiger partial charge in [0.2, 0.25) is 0 Å². The molecule has 1 aromatic carbocycles. The van der Waals surface area contributed by atoms with Gasteiger partial charge in [-0.25, -0.2) is 9.97 Å². The van der Waals surface area contributed by atoms with Gasteiger partial charge < -0.3 is 9.64 Å². The number of aryl methyl sites for hydroxylation is 1. The summed E-state index contributed by atoms with van der Waals surface area (Å²) in [5, 5.41) is 0. The van der Waals surface area contributed by atoms with Crippen LogP contribution in [0.1, 0.15) is 30.3 Å². The molecule has 28 heavy (non-hydrogen) atoms. The second-order valence-corrected chi connectivity index (χ2v) is 7.05. The lowest BCUT2D eigenvalue weighted by Gasteiger charge is -2.32. The van der Waals surface area contributed by atoms with Gasteiger partial charge in [-0.2, -0.15) is 0 Å². The molecule has 1 atom stereocenters. The highest BCUT2D eigenvalue weighted by atomic mass is 16.5. The zero-order valence-electron chi connectivity index (χ0n) is 16.0. The van der Waals surface area contributed by atoms with Gasteiger partial charge in [0.05, 0.1) is 0 Å². The maximum absolute atomic E-state index is 12.6. The van der Waals surface area contributed by atoms with E-state index in [-0.39, 0.29) is 18.4 Å². The number of para-hydroxylation sites is 1. The Morgan fingerprint density at radius 3 is 2.82 bits per heavy atom. The molecule has 0 saturated carbocycles. The van der Waals surface area contributed by atoms with Crippen LogP contribution in [-0.4, -0.2) is 45.0 Å². The van der Waals surface area contributed by atoms with Gasteiger partial charge in [-0.3, -0.25) is 9.36 Å². The second kappa shape index (κ2) is 8.25. The van der Waals surface area contributed by atoms with Gasteiger partial charge in [-0.05, 0) is 44.0 Å². The standard InChI is InChI=1S/C22H24N4O2/c1-17-23-12-14-26(17)21-11-5-10-20(24-21)18-7-6-13-25(15-18)22(27)16-28-19-8-3-2-4-9-19/h2-5,8-12,14,18H,6-7,13,15-16H2,1H3/t18-/m1/s1. The van der Waals surface area contributed by atoms with Gasteiger partial charge >= 0.3 is 0 Å². The predicted octanol–water partition coefficient (Wildman–Crippen LogP) is 3.36. The summed E-state index contributed by atoms with van der Waals surface area (Å²) in [5.41, 5.74) is 1.02. The zero-order chi connectivity index (χ0) is 19.3. The summed E-state index contributed by atoms with van der Waals surface area (Å²) in [4.78, 5) is 23.6. The van der Waals surface area contributed by atoms with E-state index in [2.05, 4.69) is 11.1 Å². The van der Waals surface area contributed by atoms with Crippen molar-refractivity contribution in [1.29, 1.82) is 0 Å². The van der Waals surface area contributed by atoms with Crippen molar-refractivity contribution < 1.29 is 9.53 Å². The number of piperidine rings is 1. The minimum atomic E-state index is 0.0233. The lowest BCUT2D eigenvalue weighted by atomic mass is 9.94. The maximum atomic E-state index is 12.6. The normalized spacial score (nSPS) is 16.8. The van der Waals surface area contributed by atoms with Crippen LogP contribution in [0.5, 0.6) is 5.75 Å².